The van der Waals surface area contributed by atoms with Gasteiger partial charge in [-0.2, -0.15) is 0 Å². The van der Waals surface area contributed by atoms with Crippen LogP contribution < -0.4 is 10.5 Å². The van der Waals surface area contributed by atoms with Crippen LogP contribution in [-0.2, 0) is 0 Å². The number of nitrogens with one attached hydrogen (secondary N) is 2. The number of hydrogen-bond acceptors (Lipinski definition) is 7. The summed E-state index contributed by atoms with van der Waals surface area (Å²) in [5, 5.41) is 8.61. The van der Waals surface area contributed by atoms with Crippen LogP contribution in [0.25, 0.3) is 0 Å². The van der Waals surface area contributed by atoms with Crippen LogP contribution in [0.2, 0.25) is 0 Å². The molecule has 0 saturated carbocycles. The lowest BCUT2D eigenvalue weighted by Crippen LogP contribution is -2.02. The molecule has 2 N–H and O–H groups in total. The fourth-order valence-corrected chi connectivity index (χ4v) is 1.64. The third-order valence-corrected chi connectivity index (χ3v) is 2.67. The first kappa shape index (κ1) is 13.3. The lowest BCUT2D eigenvalue weighted by Gasteiger charge is -2.11. The van der Waals surface area contributed by atoms with Gasteiger partial charge in [0.2, 0.25) is 13.9 Å². The van der Waals surface area contributed by atoms with Gasteiger partial charge in [0.1, 0.15) is 10.8 Å². The predicted molar refractivity (Wildman–Crippen MR) is 76.6 cm³/mol. The van der Waals surface area contributed by atoms with Crippen molar-refractivity contribution in [3.8, 4) is 0 Å². The van der Waals surface area contributed by atoms with E-state index in [1.54, 1.807) is 14.0 Å². The van der Waals surface area contributed by atoms with Gasteiger partial charge >= 0.3 is 0 Å². The Labute approximate surface area is 114 Å². The molecule has 1 heterocycles. The van der Waals surface area contributed by atoms with Crippen LogP contribution in [0, 0.1) is 10.7 Å². The molecule has 0 radical (unpaired) electrons. The molecule has 1 aromatic carbocycles. The standard InChI is InChI=1S/C10H9BFN5OS/c11-16-6-2-1-5(12)3-7(6)14-10-13-4-8(17-18)9(19)15-10/h1-4,16H,11H2,(H2,13,14,15,19). The topological polar surface area (TPSA) is 79.3 Å². The zero-order chi connectivity index (χ0) is 13.8. The Morgan fingerprint density at radius 2 is 2.16 bits per heavy atom. The average Bonchev–Trinajstić information content (AvgIpc) is 2.39. The lowest BCUT2D eigenvalue weighted by molar-refractivity contribution is 0.628. The molecule has 0 spiro atoms. The van der Waals surface area contributed by atoms with E-state index in [1.807, 2.05) is 0 Å². The Bertz CT molecular complexity index is 627. The van der Waals surface area contributed by atoms with Gasteiger partial charge in [0.15, 0.2) is 5.69 Å². The second-order valence-electron chi connectivity index (χ2n) is 3.56. The normalized spacial score (nSPS) is 10.0. The Balaban J connectivity index is 2.33. The van der Waals surface area contributed by atoms with Crippen LogP contribution in [0.15, 0.2) is 34.6 Å². The van der Waals surface area contributed by atoms with Crippen LogP contribution in [-0.4, -0.2) is 17.9 Å². The minimum Gasteiger partial charge on any atom is -0.433 e. The fourth-order valence-electron chi connectivity index (χ4n) is 1.45. The maximum Gasteiger partial charge on any atom is 0.228 e. The molecular weight excluding hydrogens is 268 g/mol. The molecule has 9 heteroatoms. The number of nitrogens with zero attached hydrogens (tertiary/aromatic N) is 3. The van der Waals surface area contributed by atoms with Crippen molar-refractivity contribution in [1.29, 1.82) is 0 Å². The number of nitroso groups, excluding NO2 is 1. The maximum atomic E-state index is 13.2. The number of aromatic nitrogens is 2. The van der Waals surface area contributed by atoms with E-state index in [9.17, 15) is 9.30 Å². The summed E-state index contributed by atoms with van der Waals surface area (Å²) in [4.78, 5) is 18.2. The molecule has 19 heavy (non-hydrogen) atoms. The molecule has 0 aliphatic carbocycles. The number of halogens is 1. The van der Waals surface area contributed by atoms with Gasteiger partial charge in [0.25, 0.3) is 0 Å². The quantitative estimate of drug-likeness (QED) is 0.345. The van der Waals surface area contributed by atoms with Crippen molar-refractivity contribution in [2.24, 2.45) is 5.18 Å². The van der Waals surface area contributed by atoms with Crippen molar-refractivity contribution in [1.82, 2.24) is 9.97 Å². The van der Waals surface area contributed by atoms with E-state index in [2.05, 4.69) is 38.3 Å². The van der Waals surface area contributed by atoms with Gasteiger partial charge in [0.05, 0.1) is 11.9 Å². The van der Waals surface area contributed by atoms with Crippen molar-refractivity contribution in [3.05, 3.63) is 35.1 Å². The molecule has 0 fully saturated rings. The molecule has 0 amide bonds. The highest BCUT2D eigenvalue weighted by atomic mass is 32.1. The molecule has 6 nitrogen and oxygen atoms in total. The summed E-state index contributed by atoms with van der Waals surface area (Å²) >= 11 is 4.01. The lowest BCUT2D eigenvalue weighted by atomic mass is 10.2. The first-order chi connectivity index (χ1) is 9.13. The van der Waals surface area contributed by atoms with Gasteiger partial charge in [-0.1, -0.05) is 0 Å². The SMILES string of the molecule is BNc1ccc(F)cc1Nc1ncc(N=O)c(S)n1. The molecular formula is C10H9BFN5OS. The van der Waals surface area contributed by atoms with Crippen LogP contribution in [0.1, 0.15) is 0 Å². The molecule has 2 aromatic rings. The van der Waals surface area contributed by atoms with Gasteiger partial charge < -0.3 is 10.5 Å². The highest BCUT2D eigenvalue weighted by Gasteiger charge is 2.07. The van der Waals surface area contributed by atoms with E-state index in [0.717, 1.165) is 0 Å². The first-order valence-corrected chi connectivity index (χ1v) is 5.72. The minimum atomic E-state index is -0.390. The number of anilines is 3. The van der Waals surface area contributed by atoms with E-state index < -0.39 is 5.82 Å². The molecule has 2 rings (SSSR count). The summed E-state index contributed by atoms with van der Waals surface area (Å²) in [5.74, 6) is -0.196. The van der Waals surface area contributed by atoms with E-state index in [0.29, 0.717) is 11.4 Å². The van der Waals surface area contributed by atoms with E-state index >= 15 is 0 Å². The van der Waals surface area contributed by atoms with E-state index in [-0.39, 0.29) is 16.7 Å². The summed E-state index contributed by atoms with van der Waals surface area (Å²) < 4.78 is 13.2. The monoisotopic (exact) mass is 277 g/mol. The van der Waals surface area contributed by atoms with Crippen LogP contribution in [0.4, 0.5) is 27.4 Å². The second-order valence-corrected chi connectivity index (χ2v) is 3.98. The summed E-state index contributed by atoms with van der Waals surface area (Å²) in [7, 11) is 1.71. The third kappa shape index (κ3) is 2.99. The van der Waals surface area contributed by atoms with Crippen molar-refractivity contribution in [2.45, 2.75) is 5.03 Å². The largest absolute Gasteiger partial charge is 0.433 e. The molecule has 1 aromatic heterocycles. The smallest absolute Gasteiger partial charge is 0.228 e. The van der Waals surface area contributed by atoms with Gasteiger partial charge in [0, 0.05) is 5.69 Å². The van der Waals surface area contributed by atoms with Crippen molar-refractivity contribution in [3.63, 3.8) is 0 Å². The summed E-state index contributed by atoms with van der Waals surface area (Å²) in [6, 6.07) is 4.22. The molecule has 0 unspecified atom stereocenters. The molecule has 0 atom stereocenters. The van der Waals surface area contributed by atoms with Gasteiger partial charge in [-0.25, -0.2) is 14.4 Å². The summed E-state index contributed by atoms with van der Waals surface area (Å²) in [6.45, 7) is 0. The van der Waals surface area contributed by atoms with E-state index in [4.69, 9.17) is 0 Å². The third-order valence-electron chi connectivity index (χ3n) is 2.35. The van der Waals surface area contributed by atoms with E-state index in [1.165, 1.54) is 18.3 Å². The summed E-state index contributed by atoms with van der Waals surface area (Å²) in [6.07, 6.45) is 1.24. The second kappa shape index (κ2) is 5.66. The highest BCUT2D eigenvalue weighted by molar-refractivity contribution is 7.80. The minimum absolute atomic E-state index is 0.0435. The van der Waals surface area contributed by atoms with Gasteiger partial charge in [-0.15, -0.1) is 17.5 Å². The number of hydrogen-bond donors (Lipinski definition) is 3. The Kier molecular flexibility index (Phi) is 3.95. The first-order valence-electron chi connectivity index (χ1n) is 5.27. The van der Waals surface area contributed by atoms with Crippen LogP contribution in [0.3, 0.4) is 0 Å². The Morgan fingerprint density at radius 3 is 2.79 bits per heavy atom. The molecule has 0 bridgehead atoms. The van der Waals surface area contributed by atoms with Crippen molar-refractivity contribution >= 4 is 43.6 Å². The van der Waals surface area contributed by atoms with Gasteiger partial charge in [-0.3, -0.25) is 0 Å². The number of benzene rings is 1. The zero-order valence-electron chi connectivity index (χ0n) is 9.88. The van der Waals surface area contributed by atoms with Crippen LogP contribution >= 0.6 is 12.6 Å². The van der Waals surface area contributed by atoms with Gasteiger partial charge in [-0.05, 0) is 23.4 Å². The van der Waals surface area contributed by atoms with Crippen molar-refractivity contribution in [2.75, 3.05) is 10.5 Å². The Morgan fingerprint density at radius 1 is 1.37 bits per heavy atom. The molecule has 0 aliphatic heterocycles. The number of thiol groups is 1. The highest BCUT2D eigenvalue weighted by Crippen LogP contribution is 2.26. The van der Waals surface area contributed by atoms with Crippen molar-refractivity contribution < 1.29 is 4.39 Å². The molecule has 0 saturated heterocycles. The van der Waals surface area contributed by atoms with Crippen LogP contribution in [0.5, 0.6) is 0 Å². The maximum absolute atomic E-state index is 13.2. The fraction of sp³-hybridized carbons (Fsp3) is 0. The Hall–Kier alpha value is -2.16. The predicted octanol–water partition coefficient (Wildman–Crippen LogP) is 2.01. The average molecular weight is 277 g/mol. The molecule has 96 valence electrons. The number of rotatable bonds is 4. The molecule has 0 aliphatic rings. The summed E-state index contributed by atoms with van der Waals surface area (Å²) in [5.41, 5.74) is 1.20. The zero-order valence-corrected chi connectivity index (χ0v) is 10.8.